The molecule has 1 fully saturated rings. The molecule has 0 amide bonds. The molecule has 0 N–H and O–H groups in total. The van der Waals surface area contributed by atoms with Gasteiger partial charge in [0.2, 0.25) is 0 Å². The summed E-state index contributed by atoms with van der Waals surface area (Å²) in [6.45, 7) is 11.9. The van der Waals surface area contributed by atoms with E-state index in [9.17, 15) is 5.26 Å². The summed E-state index contributed by atoms with van der Waals surface area (Å²) in [6, 6.07) is 11.6. The normalized spacial score (nSPS) is 22.3. The van der Waals surface area contributed by atoms with Crippen molar-refractivity contribution >= 4 is 0 Å². The van der Waals surface area contributed by atoms with Crippen molar-refractivity contribution in [3.63, 3.8) is 0 Å². The quantitative estimate of drug-likeness (QED) is 0.854. The highest BCUT2D eigenvalue weighted by molar-refractivity contribution is 5.31. The Kier molecular flexibility index (Phi) is 5.26. The zero-order chi connectivity index (χ0) is 16.3. The van der Waals surface area contributed by atoms with Gasteiger partial charge in [0, 0.05) is 25.7 Å². The molecule has 22 heavy (non-hydrogen) atoms. The van der Waals surface area contributed by atoms with E-state index in [0.29, 0.717) is 6.04 Å². The molecule has 0 aromatic heterocycles. The number of piperazine rings is 1. The summed E-state index contributed by atoms with van der Waals surface area (Å²) in [6.07, 6.45) is 1.13. The van der Waals surface area contributed by atoms with Crippen LogP contribution in [0.25, 0.3) is 0 Å². The van der Waals surface area contributed by atoms with Gasteiger partial charge in [0.15, 0.2) is 0 Å². The first kappa shape index (κ1) is 17.0. The van der Waals surface area contributed by atoms with Crippen molar-refractivity contribution < 1.29 is 0 Å². The van der Waals surface area contributed by atoms with E-state index in [-0.39, 0.29) is 11.5 Å². The fourth-order valence-electron chi connectivity index (χ4n) is 3.18. The summed E-state index contributed by atoms with van der Waals surface area (Å²) in [5.74, 6) is 0. The van der Waals surface area contributed by atoms with Crippen LogP contribution in [0.3, 0.4) is 0 Å². The van der Waals surface area contributed by atoms with Crippen molar-refractivity contribution in [2.75, 3.05) is 26.7 Å². The molecule has 2 rings (SSSR count). The molecule has 1 aromatic carbocycles. The summed E-state index contributed by atoms with van der Waals surface area (Å²) in [4.78, 5) is 4.74. The Balaban J connectivity index is 2.17. The van der Waals surface area contributed by atoms with Crippen LogP contribution in [0.5, 0.6) is 0 Å². The van der Waals surface area contributed by atoms with Gasteiger partial charge in [-0.15, -0.1) is 0 Å². The van der Waals surface area contributed by atoms with Crippen molar-refractivity contribution in [2.24, 2.45) is 0 Å². The first-order chi connectivity index (χ1) is 10.4. The maximum Gasteiger partial charge on any atom is 0.123 e. The second-order valence-corrected chi connectivity index (χ2v) is 7.44. The standard InChI is InChI=1S/C19H29N3/c1-6-17-14-22(12-11-21(17)5)18(13-20)15-7-9-16(10-8-15)19(2,3)4/h7-10,17-18H,6,11-12,14H2,1-5H3. The molecule has 0 bridgehead atoms. The molecule has 0 aliphatic carbocycles. The zero-order valence-electron chi connectivity index (χ0n) is 14.6. The van der Waals surface area contributed by atoms with Gasteiger partial charge in [-0.05, 0) is 30.0 Å². The van der Waals surface area contributed by atoms with E-state index in [4.69, 9.17) is 0 Å². The maximum absolute atomic E-state index is 9.68. The van der Waals surface area contributed by atoms with Crippen LogP contribution < -0.4 is 0 Å². The largest absolute Gasteiger partial charge is 0.301 e. The molecule has 1 saturated heterocycles. The topological polar surface area (TPSA) is 30.3 Å². The van der Waals surface area contributed by atoms with Crippen LogP contribution in [0.15, 0.2) is 24.3 Å². The minimum absolute atomic E-state index is 0.128. The van der Waals surface area contributed by atoms with E-state index in [0.717, 1.165) is 31.6 Å². The van der Waals surface area contributed by atoms with Crippen molar-refractivity contribution in [1.29, 1.82) is 5.26 Å². The molecule has 120 valence electrons. The van der Waals surface area contributed by atoms with Crippen molar-refractivity contribution in [2.45, 2.75) is 51.6 Å². The Bertz CT molecular complexity index is 521. The summed E-state index contributed by atoms with van der Waals surface area (Å²) in [5, 5.41) is 9.68. The lowest BCUT2D eigenvalue weighted by molar-refractivity contribution is 0.0773. The van der Waals surface area contributed by atoms with E-state index in [1.807, 2.05) is 0 Å². The lowest BCUT2D eigenvalue weighted by Gasteiger charge is -2.41. The van der Waals surface area contributed by atoms with Gasteiger partial charge in [-0.1, -0.05) is 52.0 Å². The molecule has 3 heteroatoms. The van der Waals surface area contributed by atoms with Gasteiger partial charge in [-0.25, -0.2) is 0 Å². The molecule has 0 spiro atoms. The summed E-state index contributed by atoms with van der Waals surface area (Å²) in [5.41, 5.74) is 2.59. The van der Waals surface area contributed by atoms with Gasteiger partial charge in [0.1, 0.15) is 6.04 Å². The Morgan fingerprint density at radius 1 is 1.23 bits per heavy atom. The monoisotopic (exact) mass is 299 g/mol. The van der Waals surface area contributed by atoms with Gasteiger partial charge in [-0.3, -0.25) is 4.90 Å². The van der Waals surface area contributed by atoms with Gasteiger partial charge in [-0.2, -0.15) is 5.26 Å². The minimum atomic E-state index is -0.128. The van der Waals surface area contributed by atoms with Crippen molar-refractivity contribution in [3.05, 3.63) is 35.4 Å². The number of hydrogen-bond acceptors (Lipinski definition) is 3. The molecule has 1 aliphatic rings. The molecule has 2 atom stereocenters. The highest BCUT2D eigenvalue weighted by Crippen LogP contribution is 2.27. The second-order valence-electron chi connectivity index (χ2n) is 7.44. The van der Waals surface area contributed by atoms with Crippen LogP contribution >= 0.6 is 0 Å². The van der Waals surface area contributed by atoms with Gasteiger partial charge >= 0.3 is 0 Å². The third kappa shape index (κ3) is 3.69. The summed E-state index contributed by atoms with van der Waals surface area (Å²) < 4.78 is 0. The number of rotatable bonds is 3. The first-order valence-electron chi connectivity index (χ1n) is 8.31. The molecule has 0 radical (unpaired) electrons. The van der Waals surface area contributed by atoms with Crippen LogP contribution in [0.1, 0.15) is 51.3 Å². The number of hydrogen-bond donors (Lipinski definition) is 0. The molecular weight excluding hydrogens is 270 g/mol. The van der Waals surface area contributed by atoms with E-state index in [1.54, 1.807) is 0 Å². The van der Waals surface area contributed by atoms with Gasteiger partial charge in [0.25, 0.3) is 0 Å². The SMILES string of the molecule is CCC1CN(C(C#N)c2ccc(C(C)(C)C)cc2)CCN1C. The smallest absolute Gasteiger partial charge is 0.123 e. The van der Waals surface area contributed by atoms with Crippen molar-refractivity contribution in [3.8, 4) is 6.07 Å². The van der Waals surface area contributed by atoms with Crippen LogP contribution in [0, 0.1) is 11.3 Å². The number of benzene rings is 1. The van der Waals surface area contributed by atoms with Crippen LogP contribution in [0.2, 0.25) is 0 Å². The molecule has 1 aliphatic heterocycles. The third-order valence-electron chi connectivity index (χ3n) is 4.86. The average Bonchev–Trinajstić information content (AvgIpc) is 2.49. The Morgan fingerprint density at radius 2 is 1.86 bits per heavy atom. The van der Waals surface area contributed by atoms with Gasteiger partial charge in [0.05, 0.1) is 6.07 Å². The van der Waals surface area contributed by atoms with Crippen LogP contribution in [0.4, 0.5) is 0 Å². The fraction of sp³-hybridized carbons (Fsp3) is 0.632. The average molecular weight is 299 g/mol. The Morgan fingerprint density at radius 3 is 2.36 bits per heavy atom. The lowest BCUT2D eigenvalue weighted by Crippen LogP contribution is -2.51. The summed E-state index contributed by atoms with van der Waals surface area (Å²) in [7, 11) is 2.19. The van der Waals surface area contributed by atoms with Crippen LogP contribution in [-0.4, -0.2) is 42.5 Å². The highest BCUT2D eigenvalue weighted by atomic mass is 15.3. The van der Waals surface area contributed by atoms with Crippen LogP contribution in [-0.2, 0) is 5.41 Å². The van der Waals surface area contributed by atoms with E-state index in [1.165, 1.54) is 5.56 Å². The van der Waals surface area contributed by atoms with E-state index >= 15 is 0 Å². The number of nitriles is 1. The predicted octanol–water partition coefficient (Wildman–Crippen LogP) is 3.57. The molecule has 0 saturated carbocycles. The van der Waals surface area contributed by atoms with Gasteiger partial charge < -0.3 is 4.90 Å². The summed E-state index contributed by atoms with van der Waals surface area (Å²) >= 11 is 0. The molecular formula is C19H29N3. The molecule has 1 heterocycles. The van der Waals surface area contributed by atoms with E-state index < -0.39 is 0 Å². The lowest BCUT2D eigenvalue weighted by atomic mass is 9.86. The maximum atomic E-state index is 9.68. The first-order valence-corrected chi connectivity index (χ1v) is 8.31. The zero-order valence-corrected chi connectivity index (χ0v) is 14.6. The number of nitrogens with zero attached hydrogens (tertiary/aromatic N) is 3. The second kappa shape index (κ2) is 6.81. The molecule has 3 nitrogen and oxygen atoms in total. The Hall–Kier alpha value is -1.37. The fourth-order valence-corrected chi connectivity index (χ4v) is 3.18. The minimum Gasteiger partial charge on any atom is -0.301 e. The van der Waals surface area contributed by atoms with Crippen molar-refractivity contribution in [1.82, 2.24) is 9.80 Å². The number of likely N-dealkylation sites (N-methyl/N-ethyl adjacent to an activating group) is 1. The third-order valence-corrected chi connectivity index (χ3v) is 4.86. The predicted molar refractivity (Wildman–Crippen MR) is 91.8 cm³/mol. The Labute approximate surface area is 135 Å². The molecule has 2 unspecified atom stereocenters. The van der Waals surface area contributed by atoms with E-state index in [2.05, 4.69) is 74.9 Å². The highest BCUT2D eigenvalue weighted by Gasteiger charge is 2.29. The molecule has 1 aromatic rings.